The van der Waals surface area contributed by atoms with Gasteiger partial charge in [-0.2, -0.15) is 0 Å². The molecule has 0 bridgehead atoms. The highest BCUT2D eigenvalue weighted by molar-refractivity contribution is 9.10. The molecule has 3 aromatic carbocycles. The summed E-state index contributed by atoms with van der Waals surface area (Å²) in [7, 11) is 0. The largest absolute Gasteiger partial charge is 0.628 e. The summed E-state index contributed by atoms with van der Waals surface area (Å²) in [5.41, 5.74) is 2.97. The van der Waals surface area contributed by atoms with Gasteiger partial charge < -0.3 is 20.7 Å². The molecule has 1 heterocycles. The molecule has 0 amide bonds. The maximum atomic E-state index is 11.9. The number of thiazole rings is 1. The van der Waals surface area contributed by atoms with Crippen LogP contribution < -0.4 is 5.23 Å². The van der Waals surface area contributed by atoms with Crippen LogP contribution in [0.1, 0.15) is 10.4 Å². The number of carbonyl (C=O) groups is 1. The van der Waals surface area contributed by atoms with Gasteiger partial charge in [-0.15, -0.1) is 11.3 Å². The maximum Gasteiger partial charge on any atom is 0.336 e. The molecule has 0 spiro atoms. The fourth-order valence-corrected chi connectivity index (χ4v) is 4.24. The van der Waals surface area contributed by atoms with Gasteiger partial charge in [-0.1, -0.05) is 52.3 Å². The Morgan fingerprint density at radius 1 is 0.967 bits per heavy atom. The number of carboxylic acids is 1. The van der Waals surface area contributed by atoms with Crippen molar-refractivity contribution >= 4 is 38.9 Å². The number of aromatic nitrogens is 1. The summed E-state index contributed by atoms with van der Waals surface area (Å²) in [4.78, 5) is 16.6. The Morgan fingerprint density at radius 3 is 2.37 bits per heavy atom. The molecule has 0 unspecified atom stereocenters. The lowest BCUT2D eigenvalue weighted by Gasteiger charge is -2.27. The number of nitrogens with one attached hydrogen (secondary N) is 1. The maximum absolute atomic E-state index is 11.9. The number of rotatable bonds is 5. The molecule has 0 fully saturated rings. The number of halogens is 1. The van der Waals surface area contributed by atoms with E-state index < -0.39 is 11.2 Å². The number of hydrogen-bond acceptors (Lipinski definition) is 5. The van der Waals surface area contributed by atoms with E-state index >= 15 is 0 Å². The Balaban J connectivity index is 1.77. The molecule has 0 aliphatic heterocycles. The van der Waals surface area contributed by atoms with Gasteiger partial charge in [0.25, 0.3) is 0 Å². The van der Waals surface area contributed by atoms with Crippen LogP contribution in [-0.2, 0) is 0 Å². The Hall–Kier alpha value is -2.88. The molecule has 1 aromatic heterocycles. The molecule has 0 radical (unpaired) electrons. The second kappa shape index (κ2) is 8.47. The van der Waals surface area contributed by atoms with Gasteiger partial charge in [-0.3, -0.25) is 0 Å². The summed E-state index contributed by atoms with van der Waals surface area (Å²) in [6, 6.07) is 18.8. The van der Waals surface area contributed by atoms with Crippen LogP contribution in [0.15, 0.2) is 76.6 Å². The topological polar surface area (TPSA) is 101 Å². The minimum Gasteiger partial charge on any atom is -0.628 e. The molecule has 4 aromatic rings. The Labute approximate surface area is 184 Å². The molecule has 8 heteroatoms. The van der Waals surface area contributed by atoms with Gasteiger partial charge >= 0.3 is 5.97 Å². The van der Waals surface area contributed by atoms with Crippen molar-refractivity contribution in [2.45, 2.75) is 0 Å². The number of quaternary nitrogens is 1. The van der Waals surface area contributed by atoms with Crippen LogP contribution in [0.5, 0.6) is 0 Å². The highest BCUT2D eigenvalue weighted by atomic mass is 79.9. The standard InChI is InChI=1S/C22H14BrN2O4S/c23-15-8-5-13(6-9-15)19-12-30-21(24-19)14-7-10-16(18(11-14)22(26)27)17-3-1-2-4-20(17)25(28)29/h1-12,25H,(H,26,27)/q-1. The molecule has 0 saturated carbocycles. The molecule has 0 aliphatic rings. The normalized spacial score (nSPS) is 11.1. The molecule has 0 atom stereocenters. The summed E-state index contributed by atoms with van der Waals surface area (Å²) >= 11 is 4.82. The van der Waals surface area contributed by atoms with Gasteiger partial charge in [0.1, 0.15) is 10.7 Å². The second-order valence-electron chi connectivity index (χ2n) is 6.44. The van der Waals surface area contributed by atoms with Crippen LogP contribution in [-0.4, -0.2) is 16.1 Å². The smallest absolute Gasteiger partial charge is 0.336 e. The molecular formula is C22H14BrN2O4S-. The van der Waals surface area contributed by atoms with Gasteiger partial charge in [0.05, 0.1) is 11.3 Å². The fourth-order valence-electron chi connectivity index (χ4n) is 3.14. The van der Waals surface area contributed by atoms with E-state index in [2.05, 4.69) is 20.9 Å². The monoisotopic (exact) mass is 481 g/mol. The van der Waals surface area contributed by atoms with E-state index in [0.29, 0.717) is 21.7 Å². The summed E-state index contributed by atoms with van der Waals surface area (Å²) in [5, 5.41) is 33.9. The zero-order chi connectivity index (χ0) is 21.3. The number of hydrogen-bond donors (Lipinski definition) is 2. The van der Waals surface area contributed by atoms with E-state index in [0.717, 1.165) is 15.7 Å². The van der Waals surface area contributed by atoms with Crippen molar-refractivity contribution in [3.63, 3.8) is 0 Å². The minimum absolute atomic E-state index is 0.00147. The van der Waals surface area contributed by atoms with Crippen molar-refractivity contribution in [2.75, 3.05) is 0 Å². The van der Waals surface area contributed by atoms with Gasteiger partial charge in [0.15, 0.2) is 0 Å². The highest BCUT2D eigenvalue weighted by Gasteiger charge is 2.18. The van der Waals surface area contributed by atoms with Gasteiger partial charge in [0, 0.05) is 38.2 Å². The van der Waals surface area contributed by atoms with E-state index in [9.17, 15) is 20.3 Å². The number of nitrogens with zero attached hydrogens (tertiary/aromatic N) is 1. The minimum atomic E-state index is -1.36. The molecule has 4 rings (SSSR count). The van der Waals surface area contributed by atoms with Gasteiger partial charge in [-0.05, 0) is 24.3 Å². The Kier molecular flexibility index (Phi) is 5.76. The third-order valence-corrected chi connectivity index (χ3v) is 6.00. The zero-order valence-corrected chi connectivity index (χ0v) is 17.7. The van der Waals surface area contributed by atoms with Crippen molar-refractivity contribution in [1.29, 1.82) is 0 Å². The summed E-state index contributed by atoms with van der Waals surface area (Å²) in [5.74, 6) is -1.15. The van der Waals surface area contributed by atoms with E-state index in [4.69, 9.17) is 0 Å². The molecule has 150 valence electrons. The summed E-state index contributed by atoms with van der Waals surface area (Å²) in [6.07, 6.45) is 0. The van der Waals surface area contributed by atoms with Crippen LogP contribution in [0, 0.1) is 10.4 Å². The molecule has 2 N–H and O–H groups in total. The zero-order valence-electron chi connectivity index (χ0n) is 15.3. The van der Waals surface area contributed by atoms with Crippen molar-refractivity contribution in [1.82, 2.24) is 4.98 Å². The highest BCUT2D eigenvalue weighted by Crippen LogP contribution is 2.34. The molecule has 6 nitrogen and oxygen atoms in total. The third kappa shape index (κ3) is 4.04. The van der Waals surface area contributed by atoms with Gasteiger partial charge in [0.2, 0.25) is 0 Å². The first-order chi connectivity index (χ1) is 14.4. The number of carboxylic acid groups (broad SMARTS) is 1. The average Bonchev–Trinajstić information content (AvgIpc) is 3.24. The summed E-state index contributed by atoms with van der Waals surface area (Å²) < 4.78 is 0.972. The van der Waals surface area contributed by atoms with Crippen LogP contribution >= 0.6 is 27.3 Å². The van der Waals surface area contributed by atoms with Crippen LogP contribution in [0.2, 0.25) is 0 Å². The van der Waals surface area contributed by atoms with Gasteiger partial charge in [-0.25, -0.2) is 9.78 Å². The predicted octanol–water partition coefficient (Wildman–Crippen LogP) is 5.12. The Bertz CT molecular complexity index is 1220. The van der Waals surface area contributed by atoms with Crippen molar-refractivity contribution in [2.24, 2.45) is 0 Å². The summed E-state index contributed by atoms with van der Waals surface area (Å²) in [6.45, 7) is 0. The molecule has 30 heavy (non-hydrogen) atoms. The van der Waals surface area contributed by atoms with E-state index in [1.165, 1.54) is 23.5 Å². The number of benzene rings is 3. The lowest BCUT2D eigenvalue weighted by molar-refractivity contribution is -0.714. The molecular weight excluding hydrogens is 468 g/mol. The first-order valence-electron chi connectivity index (χ1n) is 8.84. The van der Waals surface area contributed by atoms with E-state index in [-0.39, 0.29) is 11.3 Å². The van der Waals surface area contributed by atoms with E-state index in [1.807, 2.05) is 29.6 Å². The lowest BCUT2D eigenvalue weighted by atomic mass is 9.96. The molecule has 0 saturated heterocycles. The van der Waals surface area contributed by atoms with Crippen LogP contribution in [0.4, 0.5) is 5.69 Å². The van der Waals surface area contributed by atoms with Crippen LogP contribution in [0.25, 0.3) is 33.0 Å². The second-order valence-corrected chi connectivity index (χ2v) is 8.22. The van der Waals surface area contributed by atoms with Crippen LogP contribution in [0.3, 0.4) is 0 Å². The first-order valence-corrected chi connectivity index (χ1v) is 10.5. The lowest BCUT2D eigenvalue weighted by Crippen LogP contribution is -2.96. The average molecular weight is 482 g/mol. The van der Waals surface area contributed by atoms with Crippen molar-refractivity contribution < 1.29 is 15.1 Å². The predicted molar refractivity (Wildman–Crippen MR) is 120 cm³/mol. The fraction of sp³-hybridized carbons (Fsp3) is 0. The van der Waals surface area contributed by atoms with E-state index in [1.54, 1.807) is 30.3 Å². The first kappa shape index (κ1) is 20.4. The Morgan fingerprint density at radius 2 is 1.67 bits per heavy atom. The SMILES string of the molecule is O=C(O)c1cc(-c2nc(-c3ccc(Br)cc3)cs2)ccc1-c1ccccc1[NH+]([O-])[O-]. The van der Waals surface area contributed by atoms with Crippen molar-refractivity contribution in [3.05, 3.63) is 92.6 Å². The van der Waals surface area contributed by atoms with Crippen molar-refractivity contribution in [3.8, 4) is 33.0 Å². The molecule has 0 aliphatic carbocycles. The number of aromatic carboxylic acids is 1. The third-order valence-electron chi connectivity index (χ3n) is 4.58. The quantitative estimate of drug-likeness (QED) is 0.385.